The Bertz CT molecular complexity index is 67.3. The van der Waals surface area contributed by atoms with E-state index in [1.165, 1.54) is 25.7 Å². The molecule has 2 N–H and O–H groups in total. The highest BCUT2D eigenvalue weighted by molar-refractivity contribution is 5.85. The summed E-state index contributed by atoms with van der Waals surface area (Å²) < 4.78 is 0. The van der Waals surface area contributed by atoms with Crippen molar-refractivity contribution in [2.24, 2.45) is 11.7 Å². The maximum Gasteiger partial charge on any atom is 0.00387 e. The molecule has 0 radical (unpaired) electrons. The molecule has 0 heterocycles. The summed E-state index contributed by atoms with van der Waals surface area (Å²) in [6, 6.07) is 0.442. The van der Waals surface area contributed by atoms with E-state index >= 15 is 0 Å². The minimum atomic E-state index is 0. The van der Waals surface area contributed by atoms with Crippen molar-refractivity contribution in [1.29, 1.82) is 0 Å². The quantitative estimate of drug-likeness (QED) is 0.606. The third-order valence-corrected chi connectivity index (χ3v) is 2.14. The smallest absolute Gasteiger partial charge is 0.00387 e. The molecule has 0 amide bonds. The molecule has 0 aliphatic heterocycles. The average Bonchev–Trinajstić information content (AvgIpc) is 2.12. The number of nitrogens with two attached hydrogens (primary N) is 1. The van der Waals surface area contributed by atoms with Gasteiger partial charge in [0.25, 0.3) is 0 Å². The fourth-order valence-corrected chi connectivity index (χ4v) is 1.48. The number of hydrogen-bond acceptors (Lipinski definition) is 1. The fraction of sp³-hybridized carbons (Fsp3) is 1.00. The summed E-state index contributed by atoms with van der Waals surface area (Å²) in [5.74, 6) is 0.843. The summed E-state index contributed by atoms with van der Waals surface area (Å²) in [7, 11) is 0. The molecule has 0 aromatic carbocycles. The van der Waals surface area contributed by atoms with Crippen molar-refractivity contribution in [3.8, 4) is 0 Å². The van der Waals surface area contributed by atoms with Gasteiger partial charge in [0.2, 0.25) is 0 Å². The van der Waals surface area contributed by atoms with Crippen LogP contribution in [0.2, 0.25) is 0 Å². The van der Waals surface area contributed by atoms with Crippen molar-refractivity contribution in [1.82, 2.24) is 0 Å². The van der Waals surface area contributed by atoms with Gasteiger partial charge >= 0.3 is 0 Å². The molecule has 56 valence electrons. The summed E-state index contributed by atoms with van der Waals surface area (Å²) in [5.41, 5.74) is 5.70. The Hall–Kier alpha value is 0.250. The van der Waals surface area contributed by atoms with E-state index in [1.54, 1.807) is 0 Å². The Kier molecular flexibility index (Phi) is 4.24. The van der Waals surface area contributed by atoms with E-state index in [2.05, 4.69) is 6.92 Å². The lowest BCUT2D eigenvalue weighted by atomic mass is 10.0. The van der Waals surface area contributed by atoms with Gasteiger partial charge in [0, 0.05) is 6.04 Å². The Labute approximate surface area is 63.4 Å². The summed E-state index contributed by atoms with van der Waals surface area (Å²) in [6.07, 6.45) is 5.56. The lowest BCUT2D eigenvalue weighted by molar-refractivity contribution is 0.458. The van der Waals surface area contributed by atoms with Crippen LogP contribution in [0.25, 0.3) is 0 Å². The van der Waals surface area contributed by atoms with Crippen LogP contribution < -0.4 is 5.73 Å². The van der Waals surface area contributed by atoms with E-state index < -0.39 is 0 Å². The van der Waals surface area contributed by atoms with Gasteiger partial charge in [0.1, 0.15) is 0 Å². The van der Waals surface area contributed by atoms with Gasteiger partial charge in [0.05, 0.1) is 0 Å². The fourth-order valence-electron chi connectivity index (χ4n) is 1.48. The Morgan fingerprint density at radius 2 is 1.78 bits per heavy atom. The first-order chi connectivity index (χ1) is 3.80. The second-order valence-corrected chi connectivity index (χ2v) is 2.90. The first-order valence-electron chi connectivity index (χ1n) is 3.56. The standard InChI is InChI=1S/C7H15N.ClH/c1-6(8)7-4-2-3-5-7;/h6-7H,2-5,8H2,1H3;1H. The van der Waals surface area contributed by atoms with Crippen LogP contribution in [0, 0.1) is 5.92 Å². The number of rotatable bonds is 1. The normalized spacial score (nSPS) is 23.3. The van der Waals surface area contributed by atoms with Crippen LogP contribution in [0.3, 0.4) is 0 Å². The van der Waals surface area contributed by atoms with Crippen LogP contribution in [-0.4, -0.2) is 6.04 Å². The Morgan fingerprint density at radius 3 is 2.00 bits per heavy atom. The van der Waals surface area contributed by atoms with Gasteiger partial charge in [0.15, 0.2) is 0 Å². The van der Waals surface area contributed by atoms with Crippen LogP contribution >= 0.6 is 12.4 Å². The molecule has 1 atom stereocenters. The molecule has 0 saturated heterocycles. The van der Waals surface area contributed by atoms with Crippen molar-refractivity contribution in [2.45, 2.75) is 38.6 Å². The molecule has 1 nitrogen and oxygen atoms in total. The van der Waals surface area contributed by atoms with Gasteiger partial charge in [-0.25, -0.2) is 0 Å². The van der Waals surface area contributed by atoms with Crippen molar-refractivity contribution < 1.29 is 0 Å². The zero-order chi connectivity index (χ0) is 5.98. The van der Waals surface area contributed by atoms with E-state index in [4.69, 9.17) is 5.73 Å². The molecule has 0 spiro atoms. The highest BCUT2D eigenvalue weighted by atomic mass is 35.5. The van der Waals surface area contributed by atoms with E-state index in [1.807, 2.05) is 0 Å². The molecule has 9 heavy (non-hydrogen) atoms. The Morgan fingerprint density at radius 1 is 1.33 bits per heavy atom. The van der Waals surface area contributed by atoms with Gasteiger partial charge in [-0.15, -0.1) is 12.4 Å². The van der Waals surface area contributed by atoms with Gasteiger partial charge in [-0.2, -0.15) is 0 Å². The molecule has 0 aromatic rings. The van der Waals surface area contributed by atoms with Crippen molar-refractivity contribution in [3.63, 3.8) is 0 Å². The second-order valence-electron chi connectivity index (χ2n) is 2.90. The molecular weight excluding hydrogens is 134 g/mol. The molecule has 1 unspecified atom stereocenters. The topological polar surface area (TPSA) is 26.0 Å². The first kappa shape index (κ1) is 9.25. The molecule has 1 fully saturated rings. The van der Waals surface area contributed by atoms with E-state index in [0.717, 1.165) is 5.92 Å². The summed E-state index contributed by atoms with van der Waals surface area (Å²) >= 11 is 0. The SMILES string of the molecule is CC(N)C1CCCC1.Cl. The van der Waals surface area contributed by atoms with Crippen LogP contribution in [0.1, 0.15) is 32.6 Å². The predicted octanol–water partition coefficient (Wildman–Crippen LogP) is 1.95. The highest BCUT2D eigenvalue weighted by Gasteiger charge is 2.17. The summed E-state index contributed by atoms with van der Waals surface area (Å²) in [6.45, 7) is 2.12. The number of hydrogen-bond donors (Lipinski definition) is 1. The minimum Gasteiger partial charge on any atom is -0.328 e. The highest BCUT2D eigenvalue weighted by Crippen LogP contribution is 2.26. The first-order valence-corrected chi connectivity index (χ1v) is 3.56. The summed E-state index contributed by atoms with van der Waals surface area (Å²) in [5, 5.41) is 0. The van der Waals surface area contributed by atoms with Gasteiger partial charge in [-0.1, -0.05) is 12.8 Å². The lowest BCUT2D eigenvalue weighted by Gasteiger charge is -2.11. The van der Waals surface area contributed by atoms with Crippen molar-refractivity contribution >= 4 is 12.4 Å². The molecule has 0 bridgehead atoms. The van der Waals surface area contributed by atoms with Gasteiger partial charge < -0.3 is 5.73 Å². The van der Waals surface area contributed by atoms with Crippen LogP contribution in [0.15, 0.2) is 0 Å². The largest absolute Gasteiger partial charge is 0.328 e. The average molecular weight is 150 g/mol. The third-order valence-electron chi connectivity index (χ3n) is 2.14. The minimum absolute atomic E-state index is 0. The van der Waals surface area contributed by atoms with E-state index in [0.29, 0.717) is 6.04 Å². The van der Waals surface area contributed by atoms with E-state index in [9.17, 15) is 0 Å². The van der Waals surface area contributed by atoms with Gasteiger partial charge in [-0.05, 0) is 25.7 Å². The van der Waals surface area contributed by atoms with Crippen molar-refractivity contribution in [3.05, 3.63) is 0 Å². The van der Waals surface area contributed by atoms with E-state index in [-0.39, 0.29) is 12.4 Å². The lowest BCUT2D eigenvalue weighted by Crippen LogP contribution is -2.23. The second kappa shape index (κ2) is 4.13. The van der Waals surface area contributed by atoms with Crippen LogP contribution in [0.4, 0.5) is 0 Å². The molecule has 1 saturated carbocycles. The Balaban J connectivity index is 0.000000640. The van der Waals surface area contributed by atoms with Crippen LogP contribution in [0.5, 0.6) is 0 Å². The monoisotopic (exact) mass is 149 g/mol. The molecule has 1 aliphatic rings. The molecule has 1 aliphatic carbocycles. The predicted molar refractivity (Wildman–Crippen MR) is 42.9 cm³/mol. The third kappa shape index (κ3) is 2.55. The maximum atomic E-state index is 5.70. The molecule has 2 heteroatoms. The number of halogens is 1. The summed E-state index contributed by atoms with van der Waals surface area (Å²) in [4.78, 5) is 0. The maximum absolute atomic E-state index is 5.70. The molecular formula is C7H16ClN. The molecule has 0 aromatic heterocycles. The van der Waals surface area contributed by atoms with Crippen LogP contribution in [-0.2, 0) is 0 Å². The zero-order valence-corrected chi connectivity index (χ0v) is 6.79. The molecule has 1 rings (SSSR count). The van der Waals surface area contributed by atoms with Gasteiger partial charge in [-0.3, -0.25) is 0 Å². The van der Waals surface area contributed by atoms with Crippen molar-refractivity contribution in [2.75, 3.05) is 0 Å². The zero-order valence-electron chi connectivity index (χ0n) is 5.97.